The van der Waals surface area contributed by atoms with Gasteiger partial charge in [-0.05, 0) is 37.4 Å². The molecule has 1 fully saturated rings. The van der Waals surface area contributed by atoms with Crippen molar-refractivity contribution in [1.82, 2.24) is 5.32 Å². The van der Waals surface area contributed by atoms with Gasteiger partial charge in [0, 0.05) is 12.0 Å². The van der Waals surface area contributed by atoms with Crippen molar-refractivity contribution in [3.63, 3.8) is 0 Å². The van der Waals surface area contributed by atoms with E-state index in [9.17, 15) is 0 Å². The van der Waals surface area contributed by atoms with Gasteiger partial charge in [-0.25, -0.2) is 0 Å². The Kier molecular flexibility index (Phi) is 3.84. The molecular weight excluding hydrogens is 186 g/mol. The molecule has 2 heteroatoms. The van der Waals surface area contributed by atoms with Gasteiger partial charge in [-0.2, -0.15) is 0 Å². The molecule has 1 aliphatic rings. The first-order chi connectivity index (χ1) is 7.42. The fourth-order valence-electron chi connectivity index (χ4n) is 2.59. The zero-order valence-corrected chi connectivity index (χ0v) is 9.54. The molecule has 1 N–H and O–H groups in total. The fourth-order valence-corrected chi connectivity index (χ4v) is 2.59. The molecule has 1 aromatic rings. The van der Waals surface area contributed by atoms with Gasteiger partial charge in [0.25, 0.3) is 0 Å². The number of rotatable bonds is 4. The van der Waals surface area contributed by atoms with E-state index in [1.54, 1.807) is 6.26 Å². The first-order valence-corrected chi connectivity index (χ1v) is 6.17. The Labute approximate surface area is 92.1 Å². The molecule has 0 spiro atoms. The van der Waals surface area contributed by atoms with E-state index in [2.05, 4.69) is 18.3 Å². The topological polar surface area (TPSA) is 25.2 Å². The van der Waals surface area contributed by atoms with Gasteiger partial charge in [0.2, 0.25) is 0 Å². The van der Waals surface area contributed by atoms with Crippen molar-refractivity contribution in [2.75, 3.05) is 6.54 Å². The van der Waals surface area contributed by atoms with Gasteiger partial charge in [0.1, 0.15) is 0 Å². The van der Waals surface area contributed by atoms with Gasteiger partial charge in [-0.15, -0.1) is 0 Å². The SMILES string of the molecule is CCCNC1CCCCC1c1ccoc1. The smallest absolute Gasteiger partial charge is 0.0937 e. The summed E-state index contributed by atoms with van der Waals surface area (Å²) < 4.78 is 5.19. The molecular formula is C13H21NO. The molecule has 0 aliphatic heterocycles. The lowest BCUT2D eigenvalue weighted by molar-refractivity contribution is 0.327. The Morgan fingerprint density at radius 2 is 2.27 bits per heavy atom. The second-order valence-electron chi connectivity index (χ2n) is 4.51. The molecule has 84 valence electrons. The van der Waals surface area contributed by atoms with Gasteiger partial charge >= 0.3 is 0 Å². The van der Waals surface area contributed by atoms with Crippen molar-refractivity contribution < 1.29 is 4.42 Å². The van der Waals surface area contributed by atoms with Gasteiger partial charge in [0.05, 0.1) is 12.5 Å². The van der Waals surface area contributed by atoms with Crippen molar-refractivity contribution in [3.05, 3.63) is 24.2 Å². The van der Waals surface area contributed by atoms with E-state index < -0.39 is 0 Å². The molecule has 1 aliphatic carbocycles. The molecule has 1 aromatic heterocycles. The molecule has 0 saturated heterocycles. The maximum absolute atomic E-state index is 5.19. The standard InChI is InChI=1S/C13H21NO/c1-2-8-14-13-6-4-3-5-12(13)11-7-9-15-10-11/h7,9-10,12-14H,2-6,8H2,1H3. The lowest BCUT2D eigenvalue weighted by Crippen LogP contribution is -2.37. The van der Waals surface area contributed by atoms with Crippen LogP contribution in [0.4, 0.5) is 0 Å². The third-order valence-corrected chi connectivity index (χ3v) is 3.39. The normalized spacial score (nSPS) is 26.7. The lowest BCUT2D eigenvalue weighted by atomic mass is 9.81. The van der Waals surface area contributed by atoms with Crippen LogP contribution in [0.3, 0.4) is 0 Å². The molecule has 0 aromatic carbocycles. The number of nitrogens with one attached hydrogen (secondary N) is 1. The quantitative estimate of drug-likeness (QED) is 0.819. The van der Waals surface area contributed by atoms with E-state index >= 15 is 0 Å². The summed E-state index contributed by atoms with van der Waals surface area (Å²) in [6.07, 6.45) is 10.3. The summed E-state index contributed by atoms with van der Waals surface area (Å²) in [4.78, 5) is 0. The van der Waals surface area contributed by atoms with E-state index in [-0.39, 0.29) is 0 Å². The van der Waals surface area contributed by atoms with E-state index in [0.717, 1.165) is 6.54 Å². The maximum atomic E-state index is 5.19. The van der Waals surface area contributed by atoms with Crippen molar-refractivity contribution in [2.45, 2.75) is 51.0 Å². The van der Waals surface area contributed by atoms with Crippen LogP contribution >= 0.6 is 0 Å². The molecule has 2 unspecified atom stereocenters. The van der Waals surface area contributed by atoms with Crippen molar-refractivity contribution in [2.24, 2.45) is 0 Å². The Hall–Kier alpha value is -0.760. The molecule has 2 rings (SSSR count). The van der Waals surface area contributed by atoms with Crippen LogP contribution in [0.1, 0.15) is 50.5 Å². The van der Waals surface area contributed by atoms with Crippen LogP contribution in [0, 0.1) is 0 Å². The molecule has 0 radical (unpaired) electrons. The summed E-state index contributed by atoms with van der Waals surface area (Å²) in [5, 5.41) is 3.67. The minimum absolute atomic E-state index is 0.663. The van der Waals surface area contributed by atoms with E-state index in [1.165, 1.54) is 37.7 Å². The third-order valence-electron chi connectivity index (χ3n) is 3.39. The monoisotopic (exact) mass is 207 g/mol. The van der Waals surface area contributed by atoms with Crippen LogP contribution in [0.2, 0.25) is 0 Å². The highest BCUT2D eigenvalue weighted by Crippen LogP contribution is 2.33. The summed E-state index contributed by atoms with van der Waals surface area (Å²) in [6, 6.07) is 2.78. The Bertz CT molecular complexity index is 268. The zero-order chi connectivity index (χ0) is 10.5. The van der Waals surface area contributed by atoms with Crippen molar-refractivity contribution in [3.8, 4) is 0 Å². The largest absolute Gasteiger partial charge is 0.472 e. The predicted octanol–water partition coefficient (Wildman–Crippen LogP) is 3.31. The van der Waals surface area contributed by atoms with Crippen LogP contribution in [0.5, 0.6) is 0 Å². The first kappa shape index (κ1) is 10.7. The average Bonchev–Trinajstić information content (AvgIpc) is 2.80. The second kappa shape index (κ2) is 5.36. The van der Waals surface area contributed by atoms with E-state index in [0.29, 0.717) is 12.0 Å². The highest BCUT2D eigenvalue weighted by Gasteiger charge is 2.26. The number of hydrogen-bond acceptors (Lipinski definition) is 2. The highest BCUT2D eigenvalue weighted by molar-refractivity contribution is 5.16. The molecule has 2 nitrogen and oxygen atoms in total. The minimum Gasteiger partial charge on any atom is -0.472 e. The van der Waals surface area contributed by atoms with Gasteiger partial charge < -0.3 is 9.73 Å². The van der Waals surface area contributed by atoms with E-state index in [1.807, 2.05) is 6.26 Å². The Balaban J connectivity index is 1.99. The summed E-state index contributed by atoms with van der Waals surface area (Å²) in [6.45, 7) is 3.36. The highest BCUT2D eigenvalue weighted by atomic mass is 16.3. The predicted molar refractivity (Wildman–Crippen MR) is 62.0 cm³/mol. The Morgan fingerprint density at radius 3 is 3.00 bits per heavy atom. The molecule has 2 atom stereocenters. The van der Waals surface area contributed by atoms with Crippen LogP contribution < -0.4 is 5.32 Å². The third kappa shape index (κ3) is 2.63. The summed E-state index contributed by atoms with van der Waals surface area (Å²) >= 11 is 0. The molecule has 1 heterocycles. The van der Waals surface area contributed by atoms with E-state index in [4.69, 9.17) is 4.42 Å². The minimum atomic E-state index is 0.663. The molecule has 0 bridgehead atoms. The van der Waals surface area contributed by atoms with Gasteiger partial charge in [0.15, 0.2) is 0 Å². The lowest BCUT2D eigenvalue weighted by Gasteiger charge is -2.31. The van der Waals surface area contributed by atoms with Crippen LogP contribution in [-0.4, -0.2) is 12.6 Å². The number of furan rings is 1. The molecule has 0 amide bonds. The fraction of sp³-hybridized carbons (Fsp3) is 0.692. The summed E-state index contributed by atoms with van der Waals surface area (Å²) in [5.74, 6) is 0.670. The van der Waals surface area contributed by atoms with Crippen molar-refractivity contribution in [1.29, 1.82) is 0 Å². The van der Waals surface area contributed by atoms with Crippen LogP contribution in [0.15, 0.2) is 23.0 Å². The molecule has 1 saturated carbocycles. The van der Waals surface area contributed by atoms with Gasteiger partial charge in [-0.1, -0.05) is 19.8 Å². The van der Waals surface area contributed by atoms with Gasteiger partial charge in [-0.3, -0.25) is 0 Å². The second-order valence-corrected chi connectivity index (χ2v) is 4.51. The van der Waals surface area contributed by atoms with Crippen molar-refractivity contribution >= 4 is 0 Å². The Morgan fingerprint density at radius 1 is 1.40 bits per heavy atom. The average molecular weight is 207 g/mol. The summed E-state index contributed by atoms with van der Waals surface area (Å²) in [7, 11) is 0. The van der Waals surface area contributed by atoms with Crippen LogP contribution in [0.25, 0.3) is 0 Å². The first-order valence-electron chi connectivity index (χ1n) is 6.17. The summed E-state index contributed by atoms with van der Waals surface area (Å²) in [5.41, 5.74) is 1.38. The zero-order valence-electron chi connectivity index (χ0n) is 9.54. The maximum Gasteiger partial charge on any atom is 0.0937 e. The molecule has 15 heavy (non-hydrogen) atoms. The van der Waals surface area contributed by atoms with Crippen LogP contribution in [-0.2, 0) is 0 Å². The number of hydrogen-bond donors (Lipinski definition) is 1.